The van der Waals surface area contributed by atoms with Crippen molar-refractivity contribution < 1.29 is 13.2 Å². The zero-order valence-corrected chi connectivity index (χ0v) is 21.3. The van der Waals surface area contributed by atoms with Gasteiger partial charge in [-0.2, -0.15) is 0 Å². The third-order valence-electron chi connectivity index (χ3n) is 6.13. The molecule has 0 aliphatic rings. The molecule has 4 aromatic carbocycles. The Morgan fingerprint density at radius 3 is 2.06 bits per heavy atom. The maximum atomic E-state index is 13.9. The number of benzene rings is 4. The first kappa shape index (κ1) is 25.2. The van der Waals surface area contributed by atoms with E-state index in [-0.39, 0.29) is 23.3 Å². The molecule has 1 amide bonds. The highest BCUT2D eigenvalue weighted by Crippen LogP contribution is 2.29. The number of amides is 1. The van der Waals surface area contributed by atoms with Gasteiger partial charge in [0, 0.05) is 6.54 Å². The molecule has 5 nitrogen and oxygen atoms in total. The second kappa shape index (κ2) is 11.2. The maximum absolute atomic E-state index is 13.9. The molecule has 0 aliphatic carbocycles. The van der Waals surface area contributed by atoms with Crippen LogP contribution in [0.15, 0.2) is 114 Å². The van der Waals surface area contributed by atoms with E-state index in [0.717, 1.165) is 16.7 Å². The molecule has 0 fully saturated rings. The molecule has 0 aliphatic heterocycles. The summed E-state index contributed by atoms with van der Waals surface area (Å²) in [5, 5.41) is 2.99. The highest BCUT2D eigenvalue weighted by molar-refractivity contribution is 7.92. The van der Waals surface area contributed by atoms with Crippen molar-refractivity contribution in [1.82, 2.24) is 5.32 Å². The van der Waals surface area contributed by atoms with Crippen LogP contribution in [0.4, 0.5) is 5.69 Å². The number of carbonyl (C=O) groups excluding carboxylic acids is 1. The average Bonchev–Trinajstić information content (AvgIpc) is 2.91. The minimum absolute atomic E-state index is 0.0990. The van der Waals surface area contributed by atoms with Crippen LogP contribution in [-0.4, -0.2) is 20.9 Å². The van der Waals surface area contributed by atoms with Crippen molar-refractivity contribution in [2.45, 2.75) is 31.2 Å². The lowest BCUT2D eigenvalue weighted by Crippen LogP contribution is -2.34. The number of nitrogens with zero attached hydrogens (tertiary/aromatic N) is 1. The molecule has 4 rings (SSSR count). The highest BCUT2D eigenvalue weighted by atomic mass is 32.2. The summed E-state index contributed by atoms with van der Waals surface area (Å²) in [6, 6.07) is 33.0. The Kier molecular flexibility index (Phi) is 7.86. The first-order valence-electron chi connectivity index (χ1n) is 11.9. The molecule has 0 unspecified atom stereocenters. The maximum Gasteiger partial charge on any atom is 0.264 e. The molecule has 0 saturated carbocycles. The van der Waals surface area contributed by atoms with Crippen LogP contribution < -0.4 is 9.62 Å². The summed E-state index contributed by atoms with van der Waals surface area (Å²) in [6.07, 6.45) is 0. The summed E-state index contributed by atoms with van der Waals surface area (Å²) in [4.78, 5) is 13.5. The summed E-state index contributed by atoms with van der Waals surface area (Å²) < 4.78 is 29.1. The SMILES string of the molecule is Cc1ccc(S(=O)(=O)N(Cc2ccccc2)c2ccccc2C(=O)NC[C@@H](C)c2ccccc2)cc1. The number of hydrogen-bond donors (Lipinski definition) is 1. The summed E-state index contributed by atoms with van der Waals surface area (Å²) in [5.41, 5.74) is 3.56. The molecule has 1 atom stereocenters. The van der Waals surface area contributed by atoms with Crippen molar-refractivity contribution in [2.75, 3.05) is 10.8 Å². The number of aryl methyl sites for hydroxylation is 1. The fourth-order valence-electron chi connectivity index (χ4n) is 4.01. The van der Waals surface area contributed by atoms with Crippen molar-refractivity contribution >= 4 is 21.6 Å². The molecule has 1 N–H and O–H groups in total. The van der Waals surface area contributed by atoms with Gasteiger partial charge in [-0.25, -0.2) is 8.42 Å². The summed E-state index contributed by atoms with van der Waals surface area (Å²) in [5.74, 6) is -0.204. The third-order valence-corrected chi connectivity index (χ3v) is 7.91. The number of para-hydroxylation sites is 1. The minimum atomic E-state index is -3.95. The van der Waals surface area contributed by atoms with E-state index in [1.54, 1.807) is 48.5 Å². The van der Waals surface area contributed by atoms with Crippen molar-refractivity contribution in [3.63, 3.8) is 0 Å². The molecule has 0 bridgehead atoms. The topological polar surface area (TPSA) is 66.5 Å². The lowest BCUT2D eigenvalue weighted by molar-refractivity contribution is 0.0952. The zero-order valence-electron chi connectivity index (χ0n) is 20.5. The lowest BCUT2D eigenvalue weighted by Gasteiger charge is -2.27. The van der Waals surface area contributed by atoms with Crippen molar-refractivity contribution in [3.05, 3.63) is 131 Å². The second-order valence-corrected chi connectivity index (χ2v) is 10.7. The minimum Gasteiger partial charge on any atom is -0.351 e. The van der Waals surface area contributed by atoms with Gasteiger partial charge in [-0.15, -0.1) is 0 Å². The molecule has 0 radical (unpaired) electrons. The van der Waals surface area contributed by atoms with Gasteiger partial charge in [0.2, 0.25) is 0 Å². The van der Waals surface area contributed by atoms with E-state index >= 15 is 0 Å². The first-order chi connectivity index (χ1) is 17.4. The van der Waals surface area contributed by atoms with Crippen LogP contribution in [0, 0.1) is 6.92 Å². The average molecular weight is 499 g/mol. The smallest absolute Gasteiger partial charge is 0.264 e. The normalized spacial score (nSPS) is 12.1. The third kappa shape index (κ3) is 5.83. The largest absolute Gasteiger partial charge is 0.351 e. The van der Waals surface area contributed by atoms with E-state index in [2.05, 4.69) is 5.32 Å². The second-order valence-electron chi connectivity index (χ2n) is 8.85. The number of nitrogens with one attached hydrogen (secondary N) is 1. The van der Waals surface area contributed by atoms with Crippen LogP contribution in [0.2, 0.25) is 0 Å². The van der Waals surface area contributed by atoms with Gasteiger partial charge < -0.3 is 5.32 Å². The number of rotatable bonds is 9. The molecule has 0 saturated heterocycles. The molecule has 0 heterocycles. The van der Waals surface area contributed by atoms with Gasteiger partial charge in [-0.1, -0.05) is 97.4 Å². The van der Waals surface area contributed by atoms with Crippen LogP contribution in [0.5, 0.6) is 0 Å². The lowest BCUT2D eigenvalue weighted by atomic mass is 10.0. The van der Waals surface area contributed by atoms with Gasteiger partial charge in [0.1, 0.15) is 0 Å². The predicted molar refractivity (Wildman–Crippen MR) is 145 cm³/mol. The van der Waals surface area contributed by atoms with E-state index in [4.69, 9.17) is 0 Å². The van der Waals surface area contributed by atoms with Crippen LogP contribution in [0.25, 0.3) is 0 Å². The number of sulfonamides is 1. The monoisotopic (exact) mass is 498 g/mol. The Hall–Kier alpha value is -3.90. The van der Waals surface area contributed by atoms with Gasteiger partial charge in [-0.05, 0) is 48.2 Å². The Balaban J connectivity index is 1.68. The Labute approximate surface area is 213 Å². The van der Waals surface area contributed by atoms with E-state index in [0.29, 0.717) is 17.8 Å². The molecule has 0 spiro atoms. The first-order valence-corrected chi connectivity index (χ1v) is 13.4. The van der Waals surface area contributed by atoms with Crippen molar-refractivity contribution in [2.24, 2.45) is 0 Å². The zero-order chi connectivity index (χ0) is 25.5. The van der Waals surface area contributed by atoms with Crippen LogP contribution in [0.3, 0.4) is 0 Å². The predicted octanol–water partition coefficient (Wildman–Crippen LogP) is 5.92. The molecular formula is C30H30N2O3S. The van der Waals surface area contributed by atoms with Gasteiger partial charge in [0.25, 0.3) is 15.9 Å². The van der Waals surface area contributed by atoms with Gasteiger partial charge in [0.15, 0.2) is 0 Å². The Morgan fingerprint density at radius 2 is 1.39 bits per heavy atom. The van der Waals surface area contributed by atoms with Gasteiger partial charge in [-0.3, -0.25) is 9.10 Å². The van der Waals surface area contributed by atoms with E-state index < -0.39 is 10.0 Å². The fraction of sp³-hybridized carbons (Fsp3) is 0.167. The number of anilines is 1. The van der Waals surface area contributed by atoms with Gasteiger partial charge in [0.05, 0.1) is 22.7 Å². The van der Waals surface area contributed by atoms with Crippen LogP contribution in [0.1, 0.15) is 39.9 Å². The molecule has 6 heteroatoms. The molecular weight excluding hydrogens is 468 g/mol. The summed E-state index contributed by atoms with van der Waals surface area (Å²) in [6.45, 7) is 4.49. The van der Waals surface area contributed by atoms with E-state index in [9.17, 15) is 13.2 Å². The van der Waals surface area contributed by atoms with Crippen molar-refractivity contribution in [1.29, 1.82) is 0 Å². The van der Waals surface area contributed by atoms with Crippen LogP contribution in [-0.2, 0) is 16.6 Å². The van der Waals surface area contributed by atoms with Crippen molar-refractivity contribution in [3.8, 4) is 0 Å². The highest BCUT2D eigenvalue weighted by Gasteiger charge is 2.28. The molecule has 184 valence electrons. The molecule has 36 heavy (non-hydrogen) atoms. The Bertz CT molecular complexity index is 1400. The van der Waals surface area contributed by atoms with Gasteiger partial charge >= 0.3 is 0 Å². The molecule has 0 aromatic heterocycles. The van der Waals surface area contributed by atoms with Crippen LogP contribution >= 0.6 is 0 Å². The number of hydrogen-bond acceptors (Lipinski definition) is 3. The fourth-order valence-corrected chi connectivity index (χ4v) is 5.48. The van der Waals surface area contributed by atoms with E-state index in [1.165, 1.54) is 4.31 Å². The summed E-state index contributed by atoms with van der Waals surface area (Å²) in [7, 11) is -3.95. The standard InChI is InChI=1S/C30H30N2O3S/c1-23-17-19-27(20-18-23)36(34,35)32(22-25-11-5-3-6-12-25)29-16-10-9-15-28(29)30(33)31-21-24(2)26-13-7-4-8-14-26/h3-20,24H,21-22H2,1-2H3,(H,31,33)/t24-/m1/s1. The number of carbonyl (C=O) groups is 1. The molecule has 4 aromatic rings. The quantitative estimate of drug-likeness (QED) is 0.311. The Morgan fingerprint density at radius 1 is 0.806 bits per heavy atom. The van der Waals surface area contributed by atoms with E-state index in [1.807, 2.05) is 74.5 Å². The summed E-state index contributed by atoms with van der Waals surface area (Å²) >= 11 is 0.